The number of nitrogens with one attached hydrogen (secondary N) is 1. The summed E-state index contributed by atoms with van der Waals surface area (Å²) in [4.78, 5) is 10.9. The van der Waals surface area contributed by atoms with Crippen molar-refractivity contribution in [3.05, 3.63) is 0 Å². The highest BCUT2D eigenvalue weighted by atomic mass is 19.4. The Morgan fingerprint density at radius 2 is 1.88 bits per heavy atom. The van der Waals surface area contributed by atoms with Gasteiger partial charge in [-0.2, -0.15) is 13.2 Å². The fourth-order valence-corrected chi connectivity index (χ4v) is 1.17. The fourth-order valence-electron chi connectivity index (χ4n) is 1.17. The molecular weight excluding hydrogens is 227 g/mol. The van der Waals surface area contributed by atoms with Crippen molar-refractivity contribution in [3.8, 4) is 0 Å². The molecule has 0 aliphatic heterocycles. The van der Waals surface area contributed by atoms with Gasteiger partial charge in [0.25, 0.3) is 0 Å². The highest BCUT2D eigenvalue weighted by molar-refractivity contribution is 5.78. The van der Waals surface area contributed by atoms with E-state index in [1.807, 2.05) is 0 Å². The summed E-state index contributed by atoms with van der Waals surface area (Å²) in [6.45, 7) is 2.69. The first kappa shape index (κ1) is 15.2. The number of alkyl halides is 3. The lowest BCUT2D eigenvalue weighted by Gasteiger charge is -2.28. The number of rotatable bonds is 6. The molecule has 0 heterocycles. The van der Waals surface area contributed by atoms with Crippen LogP contribution in [-0.2, 0) is 9.53 Å². The molecule has 0 fully saturated rings. The summed E-state index contributed by atoms with van der Waals surface area (Å²) in [5.74, 6) is -1.25. The van der Waals surface area contributed by atoms with Gasteiger partial charge < -0.3 is 9.84 Å². The second-order valence-electron chi connectivity index (χ2n) is 4.04. The first-order chi connectivity index (χ1) is 7.07. The maximum atomic E-state index is 11.8. The van der Waals surface area contributed by atoms with Crippen LogP contribution >= 0.6 is 0 Å². The van der Waals surface area contributed by atoms with Gasteiger partial charge in [0, 0.05) is 6.04 Å². The van der Waals surface area contributed by atoms with Crippen LogP contribution < -0.4 is 5.32 Å². The van der Waals surface area contributed by atoms with Gasteiger partial charge in [0.1, 0.15) is 12.1 Å². The predicted octanol–water partition coefficient (Wildman–Crippen LogP) is 1.41. The van der Waals surface area contributed by atoms with Crippen molar-refractivity contribution in [2.75, 3.05) is 13.2 Å². The van der Waals surface area contributed by atoms with E-state index in [4.69, 9.17) is 5.11 Å². The minimum Gasteiger partial charge on any atom is -0.480 e. The molecule has 0 aliphatic rings. The molecule has 96 valence electrons. The molecule has 0 aliphatic carbocycles. The zero-order valence-electron chi connectivity index (χ0n) is 9.39. The molecule has 0 radical (unpaired) electrons. The van der Waals surface area contributed by atoms with Gasteiger partial charge in [-0.25, -0.2) is 0 Å². The normalized spacial score (nSPS) is 16.2. The van der Waals surface area contributed by atoms with Crippen molar-refractivity contribution in [1.82, 2.24) is 5.32 Å². The summed E-state index contributed by atoms with van der Waals surface area (Å²) in [6.07, 6.45) is -4.45. The average Bonchev–Trinajstić information content (AvgIpc) is 1.99. The monoisotopic (exact) mass is 243 g/mol. The van der Waals surface area contributed by atoms with Gasteiger partial charge in [-0.15, -0.1) is 0 Å². The van der Waals surface area contributed by atoms with Crippen LogP contribution in [0.2, 0.25) is 0 Å². The molecule has 0 spiro atoms. The summed E-state index contributed by atoms with van der Waals surface area (Å²) in [6, 6.07) is -0.171. The van der Waals surface area contributed by atoms with Crippen LogP contribution in [0, 0.1) is 0 Å². The topological polar surface area (TPSA) is 58.6 Å². The van der Waals surface area contributed by atoms with Crippen molar-refractivity contribution in [1.29, 1.82) is 0 Å². The fraction of sp³-hybridized carbons (Fsp3) is 0.889. The molecule has 0 rings (SSSR count). The van der Waals surface area contributed by atoms with Gasteiger partial charge in [-0.1, -0.05) is 0 Å². The Morgan fingerprint density at radius 3 is 2.19 bits per heavy atom. The van der Waals surface area contributed by atoms with Crippen LogP contribution in [0.5, 0.6) is 0 Å². The van der Waals surface area contributed by atoms with Gasteiger partial charge in [0.05, 0.1) is 6.61 Å². The van der Waals surface area contributed by atoms with Crippen LogP contribution in [0.1, 0.15) is 20.8 Å². The minimum atomic E-state index is -4.45. The Hall–Kier alpha value is -0.820. The molecule has 16 heavy (non-hydrogen) atoms. The summed E-state index contributed by atoms with van der Waals surface area (Å²) in [5.41, 5.74) is -1.51. The van der Waals surface area contributed by atoms with Gasteiger partial charge >= 0.3 is 12.1 Å². The van der Waals surface area contributed by atoms with Crippen LogP contribution in [-0.4, -0.2) is 42.0 Å². The van der Waals surface area contributed by atoms with Crippen molar-refractivity contribution in [2.24, 2.45) is 0 Å². The molecule has 0 saturated carbocycles. The van der Waals surface area contributed by atoms with E-state index in [1.54, 1.807) is 13.8 Å². The number of halogens is 3. The molecular formula is C9H16F3NO3. The molecule has 4 nitrogen and oxygen atoms in total. The molecule has 0 aromatic rings. The first-order valence-corrected chi connectivity index (χ1v) is 4.72. The SMILES string of the molecule is CC(C)NC(C)(COCC(F)(F)F)C(=O)O. The third-order valence-electron chi connectivity index (χ3n) is 1.74. The molecule has 0 amide bonds. The zero-order chi connectivity index (χ0) is 13.0. The lowest BCUT2D eigenvalue weighted by atomic mass is 10.0. The van der Waals surface area contributed by atoms with Gasteiger partial charge in [0.15, 0.2) is 0 Å². The Morgan fingerprint density at radius 1 is 1.38 bits per heavy atom. The van der Waals surface area contributed by atoms with E-state index in [9.17, 15) is 18.0 Å². The smallest absolute Gasteiger partial charge is 0.411 e. The molecule has 0 aromatic heterocycles. The Kier molecular flexibility index (Phi) is 5.21. The van der Waals surface area contributed by atoms with E-state index in [1.165, 1.54) is 6.92 Å². The number of carbonyl (C=O) groups is 1. The van der Waals surface area contributed by atoms with Crippen molar-refractivity contribution in [3.63, 3.8) is 0 Å². The minimum absolute atomic E-state index is 0.171. The lowest BCUT2D eigenvalue weighted by molar-refractivity contribution is -0.181. The summed E-state index contributed by atoms with van der Waals surface area (Å²) in [7, 11) is 0. The number of aliphatic carboxylic acids is 1. The Bertz CT molecular complexity index is 243. The molecule has 0 bridgehead atoms. The maximum Gasteiger partial charge on any atom is 0.411 e. The second kappa shape index (κ2) is 5.49. The molecule has 7 heteroatoms. The Labute approximate surface area is 91.8 Å². The van der Waals surface area contributed by atoms with E-state index in [-0.39, 0.29) is 6.04 Å². The summed E-state index contributed by atoms with van der Waals surface area (Å²) >= 11 is 0. The standard InChI is InChI=1S/C9H16F3NO3/c1-6(2)13-8(3,7(14)15)4-16-5-9(10,11)12/h6,13H,4-5H2,1-3H3,(H,14,15). The third-order valence-corrected chi connectivity index (χ3v) is 1.74. The number of hydrogen-bond donors (Lipinski definition) is 2. The van der Waals surface area contributed by atoms with Crippen LogP contribution in [0.4, 0.5) is 13.2 Å². The van der Waals surface area contributed by atoms with Gasteiger partial charge in [-0.05, 0) is 20.8 Å². The van der Waals surface area contributed by atoms with Crippen molar-refractivity contribution in [2.45, 2.75) is 38.5 Å². The highest BCUT2D eigenvalue weighted by Gasteiger charge is 2.36. The molecule has 2 N–H and O–H groups in total. The molecule has 1 unspecified atom stereocenters. The zero-order valence-corrected chi connectivity index (χ0v) is 9.39. The first-order valence-electron chi connectivity index (χ1n) is 4.72. The van der Waals surface area contributed by atoms with Crippen molar-refractivity contribution >= 4 is 5.97 Å². The maximum absolute atomic E-state index is 11.8. The Balaban J connectivity index is 4.29. The summed E-state index contributed by atoms with van der Waals surface area (Å²) < 4.78 is 39.8. The predicted molar refractivity (Wildman–Crippen MR) is 51.2 cm³/mol. The molecule has 0 aromatic carbocycles. The summed E-state index contributed by atoms with van der Waals surface area (Å²) in [5, 5.41) is 11.5. The number of hydrogen-bond acceptors (Lipinski definition) is 3. The van der Waals surface area contributed by atoms with E-state index < -0.39 is 30.9 Å². The average molecular weight is 243 g/mol. The molecule has 0 saturated heterocycles. The number of ether oxygens (including phenoxy) is 1. The quantitative estimate of drug-likeness (QED) is 0.740. The number of carboxylic acid groups (broad SMARTS) is 1. The number of carboxylic acids is 1. The van der Waals surface area contributed by atoms with Crippen molar-refractivity contribution < 1.29 is 27.8 Å². The highest BCUT2D eigenvalue weighted by Crippen LogP contribution is 2.16. The van der Waals surface area contributed by atoms with Crippen LogP contribution in [0.15, 0.2) is 0 Å². The van der Waals surface area contributed by atoms with Gasteiger partial charge in [0.2, 0.25) is 0 Å². The van der Waals surface area contributed by atoms with E-state index in [0.717, 1.165) is 0 Å². The lowest BCUT2D eigenvalue weighted by Crippen LogP contribution is -2.55. The van der Waals surface area contributed by atoms with E-state index in [0.29, 0.717) is 0 Å². The largest absolute Gasteiger partial charge is 0.480 e. The van der Waals surface area contributed by atoms with Crippen LogP contribution in [0.3, 0.4) is 0 Å². The van der Waals surface area contributed by atoms with E-state index >= 15 is 0 Å². The van der Waals surface area contributed by atoms with Gasteiger partial charge in [-0.3, -0.25) is 10.1 Å². The third kappa shape index (κ3) is 5.92. The molecule has 1 atom stereocenters. The second-order valence-corrected chi connectivity index (χ2v) is 4.04. The van der Waals surface area contributed by atoms with E-state index in [2.05, 4.69) is 10.1 Å². The van der Waals surface area contributed by atoms with Crippen LogP contribution in [0.25, 0.3) is 0 Å².